The van der Waals surface area contributed by atoms with Gasteiger partial charge in [-0.15, -0.1) is 0 Å². The van der Waals surface area contributed by atoms with Gasteiger partial charge < -0.3 is 0 Å². The average molecular weight is 885 g/mol. The third-order valence-corrected chi connectivity index (χ3v) is 14.8. The summed E-state index contributed by atoms with van der Waals surface area (Å²) in [7, 11) is 0. The van der Waals surface area contributed by atoms with Crippen molar-refractivity contribution in [3.63, 3.8) is 0 Å². The van der Waals surface area contributed by atoms with Crippen LogP contribution in [-0.2, 0) is 0 Å². The van der Waals surface area contributed by atoms with Crippen LogP contribution < -0.4 is 0 Å². The molecule has 0 heterocycles. The van der Waals surface area contributed by atoms with Crippen LogP contribution in [0.25, 0.3) is 142 Å². The molecule has 14 rings (SSSR count). The number of benzene rings is 14. The zero-order valence-corrected chi connectivity index (χ0v) is 38.4. The smallest absolute Gasteiger partial charge is 0.00201 e. The van der Waals surface area contributed by atoms with E-state index in [4.69, 9.17) is 0 Å². The molecule has 0 heteroatoms. The van der Waals surface area contributed by atoms with E-state index in [1.807, 2.05) is 0 Å². The molecule has 0 bridgehead atoms. The van der Waals surface area contributed by atoms with Crippen molar-refractivity contribution in [3.8, 4) is 66.8 Å². The van der Waals surface area contributed by atoms with Crippen LogP contribution >= 0.6 is 0 Å². The van der Waals surface area contributed by atoms with Crippen LogP contribution in [0.2, 0.25) is 0 Å². The van der Waals surface area contributed by atoms with E-state index in [-0.39, 0.29) is 0 Å². The van der Waals surface area contributed by atoms with Crippen molar-refractivity contribution in [2.75, 3.05) is 0 Å². The summed E-state index contributed by atoms with van der Waals surface area (Å²) in [4.78, 5) is 0. The standard InChI is InChI=1S/C70H44/c1-3-25-55-45(17-1)19-15-35-57(55)69-63-31-9-5-27-59(63)67(60-28-6-10-32-64(60)69)53-23-13-21-47(43-53)49-37-39-52-42-50(38-40-51(52)41-49)48-22-14-24-54(44-48)68-61-29-7-11-33-65(61)70(66-34-12-8-30-62(66)68)58-36-16-20-46-18-2-4-26-56(46)58/h1-44H. The molecule has 0 saturated heterocycles. The zero-order chi connectivity index (χ0) is 46.1. The lowest BCUT2D eigenvalue weighted by molar-refractivity contribution is 1.61. The summed E-state index contributed by atoms with van der Waals surface area (Å²) in [6.07, 6.45) is 0. The van der Waals surface area contributed by atoms with E-state index in [0.717, 1.165) is 0 Å². The van der Waals surface area contributed by atoms with Crippen LogP contribution in [0.3, 0.4) is 0 Å². The second-order valence-corrected chi connectivity index (χ2v) is 18.7. The normalized spacial score (nSPS) is 11.7. The van der Waals surface area contributed by atoms with Gasteiger partial charge >= 0.3 is 0 Å². The lowest BCUT2D eigenvalue weighted by atomic mass is 9.84. The second kappa shape index (κ2) is 16.3. The summed E-state index contributed by atoms with van der Waals surface area (Å²) in [5, 5.41) is 17.6. The van der Waals surface area contributed by atoms with Gasteiger partial charge in [-0.2, -0.15) is 0 Å². The first-order chi connectivity index (χ1) is 34.7. The second-order valence-electron chi connectivity index (χ2n) is 18.7. The van der Waals surface area contributed by atoms with Crippen molar-refractivity contribution in [2.24, 2.45) is 0 Å². The minimum Gasteiger partial charge on any atom is -0.0616 e. The Morgan fingerprint density at radius 2 is 0.414 bits per heavy atom. The Labute approximate surface area is 407 Å². The molecule has 0 aliphatic carbocycles. The van der Waals surface area contributed by atoms with Gasteiger partial charge in [0.1, 0.15) is 0 Å². The Kier molecular flexibility index (Phi) is 9.32. The molecule has 0 radical (unpaired) electrons. The highest BCUT2D eigenvalue weighted by atomic mass is 14.2. The Balaban J connectivity index is 0.847. The average Bonchev–Trinajstić information content (AvgIpc) is 3.43. The Bertz CT molecular complexity index is 4010. The number of fused-ring (bicyclic) bond motifs is 7. The minimum atomic E-state index is 1.20. The molecule has 14 aromatic carbocycles. The lowest BCUT2D eigenvalue weighted by Gasteiger charge is -2.19. The van der Waals surface area contributed by atoms with Crippen molar-refractivity contribution < 1.29 is 0 Å². The first-order valence-electron chi connectivity index (χ1n) is 24.3. The summed E-state index contributed by atoms with van der Waals surface area (Å²) in [5.41, 5.74) is 14.9. The fourth-order valence-corrected chi connectivity index (χ4v) is 11.7. The largest absolute Gasteiger partial charge is 0.0616 e. The van der Waals surface area contributed by atoms with Gasteiger partial charge in [0, 0.05) is 0 Å². The van der Waals surface area contributed by atoms with E-state index in [1.54, 1.807) is 0 Å². The molecule has 0 fully saturated rings. The predicted molar refractivity (Wildman–Crippen MR) is 302 cm³/mol. The van der Waals surface area contributed by atoms with Gasteiger partial charge in [0.2, 0.25) is 0 Å². The van der Waals surface area contributed by atoms with Crippen LogP contribution in [0.15, 0.2) is 267 Å². The van der Waals surface area contributed by atoms with Gasteiger partial charge in [-0.05, 0) is 166 Å². The highest BCUT2D eigenvalue weighted by Gasteiger charge is 2.20. The molecular formula is C70H44. The van der Waals surface area contributed by atoms with Crippen molar-refractivity contribution in [3.05, 3.63) is 267 Å². The number of hydrogen-bond donors (Lipinski definition) is 0. The molecule has 70 heavy (non-hydrogen) atoms. The molecule has 0 aliphatic rings. The highest BCUT2D eigenvalue weighted by Crippen LogP contribution is 2.48. The maximum Gasteiger partial charge on any atom is -0.00201 e. The summed E-state index contributed by atoms with van der Waals surface area (Å²) in [5.74, 6) is 0. The number of hydrogen-bond acceptors (Lipinski definition) is 0. The van der Waals surface area contributed by atoms with Crippen molar-refractivity contribution >= 4 is 75.4 Å². The van der Waals surface area contributed by atoms with Crippen LogP contribution in [0.1, 0.15) is 0 Å². The first-order valence-corrected chi connectivity index (χ1v) is 24.3. The molecule has 0 nitrogen and oxygen atoms in total. The van der Waals surface area contributed by atoms with Gasteiger partial charge in [0.15, 0.2) is 0 Å². The quantitative estimate of drug-likeness (QED) is 0.146. The Morgan fingerprint density at radius 1 is 0.143 bits per heavy atom. The van der Waals surface area contributed by atoms with Crippen LogP contribution in [-0.4, -0.2) is 0 Å². The molecule has 0 aliphatic heterocycles. The Morgan fingerprint density at radius 3 is 0.786 bits per heavy atom. The van der Waals surface area contributed by atoms with E-state index >= 15 is 0 Å². The van der Waals surface area contributed by atoms with Crippen molar-refractivity contribution in [1.82, 2.24) is 0 Å². The summed E-state index contributed by atoms with van der Waals surface area (Å²) in [6.45, 7) is 0. The SMILES string of the molecule is c1cc(-c2ccc3cc(-c4cccc(-c5c6ccccc6c(-c6cccc7ccccc67)c6ccccc56)c4)ccc3c2)cc(-c2c3ccccc3c(-c3cccc4ccccc34)c3ccccc23)c1. The molecule has 324 valence electrons. The van der Waals surface area contributed by atoms with E-state index in [2.05, 4.69) is 267 Å². The highest BCUT2D eigenvalue weighted by molar-refractivity contribution is 6.25. The molecule has 14 aromatic rings. The molecular weight excluding hydrogens is 841 g/mol. The van der Waals surface area contributed by atoms with Crippen LogP contribution in [0, 0.1) is 0 Å². The summed E-state index contributed by atoms with van der Waals surface area (Å²) >= 11 is 0. The summed E-state index contributed by atoms with van der Waals surface area (Å²) in [6, 6.07) is 98.8. The molecule has 0 aromatic heterocycles. The minimum absolute atomic E-state index is 1.20. The topological polar surface area (TPSA) is 0 Å². The summed E-state index contributed by atoms with van der Waals surface area (Å²) < 4.78 is 0. The van der Waals surface area contributed by atoms with Crippen molar-refractivity contribution in [2.45, 2.75) is 0 Å². The maximum absolute atomic E-state index is 2.38. The van der Waals surface area contributed by atoms with Crippen molar-refractivity contribution in [1.29, 1.82) is 0 Å². The van der Waals surface area contributed by atoms with Gasteiger partial charge in [0.25, 0.3) is 0 Å². The van der Waals surface area contributed by atoms with E-state index in [9.17, 15) is 0 Å². The fraction of sp³-hybridized carbons (Fsp3) is 0. The maximum atomic E-state index is 2.38. The lowest BCUT2D eigenvalue weighted by Crippen LogP contribution is -1.92. The Hall–Kier alpha value is -9.10. The molecule has 0 unspecified atom stereocenters. The fourth-order valence-electron chi connectivity index (χ4n) is 11.7. The predicted octanol–water partition coefficient (Wildman–Crippen LogP) is 19.8. The molecule has 0 amide bonds. The van der Waals surface area contributed by atoms with E-state index in [0.29, 0.717) is 0 Å². The van der Waals surface area contributed by atoms with Crippen LogP contribution in [0.4, 0.5) is 0 Å². The van der Waals surface area contributed by atoms with Gasteiger partial charge in [-0.25, -0.2) is 0 Å². The third kappa shape index (κ3) is 6.45. The third-order valence-electron chi connectivity index (χ3n) is 14.8. The van der Waals surface area contributed by atoms with Crippen LogP contribution in [0.5, 0.6) is 0 Å². The molecule has 0 saturated carbocycles. The molecule has 0 spiro atoms. The monoisotopic (exact) mass is 884 g/mol. The number of rotatable bonds is 6. The molecule has 0 atom stereocenters. The first kappa shape index (κ1) is 40.0. The van der Waals surface area contributed by atoms with Gasteiger partial charge in [0.05, 0.1) is 0 Å². The molecule has 0 N–H and O–H groups in total. The zero-order valence-electron chi connectivity index (χ0n) is 38.4. The van der Waals surface area contributed by atoms with Gasteiger partial charge in [-0.1, -0.05) is 243 Å². The van der Waals surface area contributed by atoms with E-state index < -0.39 is 0 Å². The van der Waals surface area contributed by atoms with Gasteiger partial charge in [-0.3, -0.25) is 0 Å². The van der Waals surface area contributed by atoms with E-state index in [1.165, 1.54) is 142 Å².